The Morgan fingerprint density at radius 3 is 3.06 bits per heavy atom. The van der Waals surface area contributed by atoms with E-state index < -0.39 is 0 Å². The van der Waals surface area contributed by atoms with E-state index in [1.54, 1.807) is 6.20 Å². The number of nitrogens with zero attached hydrogens (tertiary/aromatic N) is 2. The van der Waals surface area contributed by atoms with E-state index >= 15 is 0 Å². The molecule has 92 valence electrons. The van der Waals surface area contributed by atoms with Crippen molar-refractivity contribution in [2.75, 3.05) is 31.1 Å². The third-order valence-corrected chi connectivity index (χ3v) is 4.58. The van der Waals surface area contributed by atoms with Crippen LogP contribution < -0.4 is 10.2 Å². The fourth-order valence-corrected chi connectivity index (χ4v) is 3.76. The zero-order valence-corrected chi connectivity index (χ0v) is 11.8. The predicted molar refractivity (Wildman–Crippen MR) is 73.6 cm³/mol. The van der Waals surface area contributed by atoms with E-state index in [1.165, 1.54) is 13.0 Å². The van der Waals surface area contributed by atoms with Crippen LogP contribution in [0.2, 0.25) is 5.02 Å². The Morgan fingerprint density at radius 1 is 1.41 bits per heavy atom. The number of fused-ring (bicyclic) bond motifs is 1. The van der Waals surface area contributed by atoms with Gasteiger partial charge in [0.2, 0.25) is 0 Å². The van der Waals surface area contributed by atoms with E-state index in [0.29, 0.717) is 5.02 Å². The summed E-state index contributed by atoms with van der Waals surface area (Å²) in [5.41, 5.74) is 0. The maximum absolute atomic E-state index is 5.92. The number of aromatic nitrogens is 1. The number of hydrogen-bond donors (Lipinski definition) is 1. The standard InChI is InChI=1S/C12H15BrClN3/c13-11-3-10(14)6-16-12(11)17-2-1-8-4-15-5-9(8)7-17/h3,6,8-9,15H,1-2,4-5,7H2. The van der Waals surface area contributed by atoms with E-state index in [-0.39, 0.29) is 0 Å². The van der Waals surface area contributed by atoms with Gasteiger partial charge >= 0.3 is 0 Å². The Morgan fingerprint density at radius 2 is 2.24 bits per heavy atom. The maximum atomic E-state index is 5.92. The van der Waals surface area contributed by atoms with E-state index in [4.69, 9.17) is 11.6 Å². The van der Waals surface area contributed by atoms with Crippen LogP contribution in [0.15, 0.2) is 16.7 Å². The summed E-state index contributed by atoms with van der Waals surface area (Å²) in [5.74, 6) is 2.66. The van der Waals surface area contributed by atoms with Gasteiger partial charge in [-0.15, -0.1) is 0 Å². The van der Waals surface area contributed by atoms with Crippen molar-refractivity contribution in [3.8, 4) is 0 Å². The highest BCUT2D eigenvalue weighted by Crippen LogP contribution is 2.33. The van der Waals surface area contributed by atoms with Crippen molar-refractivity contribution in [2.45, 2.75) is 6.42 Å². The zero-order chi connectivity index (χ0) is 11.8. The number of halogens is 2. The van der Waals surface area contributed by atoms with Gasteiger partial charge in [-0.05, 0) is 53.3 Å². The quantitative estimate of drug-likeness (QED) is 0.863. The molecule has 0 saturated carbocycles. The number of hydrogen-bond acceptors (Lipinski definition) is 3. The Bertz CT molecular complexity index is 426. The highest BCUT2D eigenvalue weighted by molar-refractivity contribution is 9.10. The topological polar surface area (TPSA) is 28.2 Å². The highest BCUT2D eigenvalue weighted by atomic mass is 79.9. The molecule has 1 N–H and O–H groups in total. The van der Waals surface area contributed by atoms with E-state index in [0.717, 1.165) is 41.8 Å². The third kappa shape index (κ3) is 2.30. The molecule has 2 unspecified atom stereocenters. The summed E-state index contributed by atoms with van der Waals surface area (Å²) in [7, 11) is 0. The minimum Gasteiger partial charge on any atom is -0.355 e. The van der Waals surface area contributed by atoms with Crippen molar-refractivity contribution in [3.05, 3.63) is 21.8 Å². The number of anilines is 1. The summed E-state index contributed by atoms with van der Waals surface area (Å²) < 4.78 is 0.995. The Hall–Kier alpha value is -0.320. The number of rotatable bonds is 1. The van der Waals surface area contributed by atoms with Crippen molar-refractivity contribution in [2.24, 2.45) is 11.8 Å². The summed E-state index contributed by atoms with van der Waals surface area (Å²) in [6.07, 6.45) is 2.98. The second kappa shape index (κ2) is 4.75. The molecule has 0 aromatic carbocycles. The average Bonchev–Trinajstić information content (AvgIpc) is 2.75. The van der Waals surface area contributed by atoms with Gasteiger partial charge in [0, 0.05) is 19.3 Å². The predicted octanol–water partition coefficient (Wildman–Crippen LogP) is 2.54. The van der Waals surface area contributed by atoms with Gasteiger partial charge in [0.05, 0.1) is 9.50 Å². The van der Waals surface area contributed by atoms with Gasteiger partial charge in [-0.1, -0.05) is 11.6 Å². The van der Waals surface area contributed by atoms with Crippen molar-refractivity contribution >= 4 is 33.3 Å². The van der Waals surface area contributed by atoms with Crippen LogP contribution in [0.3, 0.4) is 0 Å². The number of pyridine rings is 1. The third-order valence-electron chi connectivity index (χ3n) is 3.79. The van der Waals surface area contributed by atoms with Gasteiger partial charge in [-0.25, -0.2) is 4.98 Å². The van der Waals surface area contributed by atoms with Gasteiger partial charge < -0.3 is 10.2 Å². The summed E-state index contributed by atoms with van der Waals surface area (Å²) in [6, 6.07) is 1.92. The molecule has 0 amide bonds. The first-order valence-electron chi connectivity index (χ1n) is 6.01. The Kier molecular flexibility index (Phi) is 3.28. The molecule has 3 nitrogen and oxygen atoms in total. The molecular formula is C12H15BrClN3. The SMILES string of the molecule is Clc1cnc(N2CCC3CNCC3C2)c(Br)c1. The molecule has 0 spiro atoms. The van der Waals surface area contributed by atoms with Crippen LogP contribution in [-0.4, -0.2) is 31.2 Å². The lowest BCUT2D eigenvalue weighted by Gasteiger charge is -2.35. The molecule has 0 bridgehead atoms. The first-order valence-corrected chi connectivity index (χ1v) is 7.18. The van der Waals surface area contributed by atoms with E-state index in [2.05, 4.69) is 31.1 Å². The van der Waals surface area contributed by atoms with Crippen LogP contribution in [-0.2, 0) is 0 Å². The maximum Gasteiger partial charge on any atom is 0.142 e. The molecule has 0 aliphatic carbocycles. The lowest BCUT2D eigenvalue weighted by Crippen LogP contribution is -2.40. The van der Waals surface area contributed by atoms with Gasteiger partial charge in [0.15, 0.2) is 0 Å². The van der Waals surface area contributed by atoms with Crippen LogP contribution in [0.4, 0.5) is 5.82 Å². The lowest BCUT2D eigenvalue weighted by atomic mass is 9.89. The van der Waals surface area contributed by atoms with Gasteiger partial charge in [-0.3, -0.25) is 0 Å². The molecule has 2 atom stereocenters. The monoisotopic (exact) mass is 315 g/mol. The first-order chi connectivity index (χ1) is 8.24. The number of piperidine rings is 1. The first kappa shape index (κ1) is 11.8. The van der Waals surface area contributed by atoms with Crippen molar-refractivity contribution in [1.29, 1.82) is 0 Å². The Labute approximate surface area is 115 Å². The minimum absolute atomic E-state index is 0.679. The van der Waals surface area contributed by atoms with Crippen LogP contribution in [0.1, 0.15) is 6.42 Å². The molecule has 2 saturated heterocycles. The van der Waals surface area contributed by atoms with Crippen LogP contribution in [0, 0.1) is 11.8 Å². The molecule has 3 heterocycles. The zero-order valence-electron chi connectivity index (χ0n) is 9.50. The smallest absolute Gasteiger partial charge is 0.142 e. The minimum atomic E-state index is 0.679. The van der Waals surface area contributed by atoms with Gasteiger partial charge in [0.1, 0.15) is 5.82 Å². The van der Waals surface area contributed by atoms with Crippen molar-refractivity contribution < 1.29 is 0 Å². The molecule has 0 radical (unpaired) electrons. The van der Waals surface area contributed by atoms with Gasteiger partial charge in [-0.2, -0.15) is 0 Å². The van der Waals surface area contributed by atoms with E-state index in [9.17, 15) is 0 Å². The fraction of sp³-hybridized carbons (Fsp3) is 0.583. The molecule has 17 heavy (non-hydrogen) atoms. The summed E-state index contributed by atoms with van der Waals surface area (Å²) >= 11 is 9.47. The second-order valence-corrected chi connectivity index (χ2v) is 6.16. The summed E-state index contributed by atoms with van der Waals surface area (Å²) in [6.45, 7) is 4.53. The summed E-state index contributed by atoms with van der Waals surface area (Å²) in [5, 5.41) is 4.16. The molecule has 2 aliphatic heterocycles. The largest absolute Gasteiger partial charge is 0.355 e. The Balaban J connectivity index is 1.80. The average molecular weight is 317 g/mol. The second-order valence-electron chi connectivity index (χ2n) is 4.87. The van der Waals surface area contributed by atoms with Crippen molar-refractivity contribution in [3.63, 3.8) is 0 Å². The molecular weight excluding hydrogens is 302 g/mol. The molecule has 1 aromatic heterocycles. The number of nitrogens with one attached hydrogen (secondary N) is 1. The molecule has 2 fully saturated rings. The molecule has 1 aromatic rings. The fourth-order valence-electron chi connectivity index (χ4n) is 2.87. The van der Waals surface area contributed by atoms with E-state index in [1.807, 2.05) is 6.07 Å². The van der Waals surface area contributed by atoms with Crippen LogP contribution in [0.25, 0.3) is 0 Å². The van der Waals surface area contributed by atoms with Gasteiger partial charge in [0.25, 0.3) is 0 Å². The van der Waals surface area contributed by atoms with Crippen molar-refractivity contribution in [1.82, 2.24) is 10.3 Å². The molecule has 2 aliphatic rings. The molecule has 3 rings (SSSR count). The van der Waals surface area contributed by atoms with Crippen LogP contribution in [0.5, 0.6) is 0 Å². The molecule has 5 heteroatoms. The summed E-state index contributed by atoms with van der Waals surface area (Å²) in [4.78, 5) is 6.81. The highest BCUT2D eigenvalue weighted by Gasteiger charge is 2.33. The van der Waals surface area contributed by atoms with Crippen LogP contribution >= 0.6 is 27.5 Å². The lowest BCUT2D eigenvalue weighted by molar-refractivity contribution is 0.347. The normalized spacial score (nSPS) is 28.2.